The molecule has 0 heterocycles. The number of hydrogen-bond acceptors (Lipinski definition) is 6. The molecule has 2 N–H and O–H groups in total. The van der Waals surface area contributed by atoms with E-state index in [1.807, 2.05) is 6.92 Å². The van der Waals surface area contributed by atoms with Crippen molar-refractivity contribution in [1.29, 1.82) is 0 Å². The smallest absolute Gasteiger partial charge is 0.269 e. The Morgan fingerprint density at radius 2 is 1.68 bits per heavy atom. The van der Waals surface area contributed by atoms with Crippen molar-refractivity contribution in [2.45, 2.75) is 13.5 Å². The number of rotatable bonds is 8. The molecule has 2 aromatic carbocycles. The third kappa shape index (κ3) is 5.26. The molecule has 0 radical (unpaired) electrons. The molecule has 0 atom stereocenters. The van der Waals surface area contributed by atoms with Crippen LogP contribution in [0.5, 0.6) is 17.2 Å². The lowest BCUT2D eigenvalue weighted by Crippen LogP contribution is -2.30. The van der Waals surface area contributed by atoms with Crippen molar-refractivity contribution >= 4 is 17.3 Å². The van der Waals surface area contributed by atoms with Crippen LogP contribution in [0.2, 0.25) is 0 Å². The molecule has 28 heavy (non-hydrogen) atoms. The lowest BCUT2D eigenvalue weighted by molar-refractivity contribution is -0.384. The van der Waals surface area contributed by atoms with Crippen LogP contribution in [0.25, 0.3) is 0 Å². The summed E-state index contributed by atoms with van der Waals surface area (Å²) in [5, 5.41) is 17.1. The van der Waals surface area contributed by atoms with Crippen LogP contribution < -0.4 is 24.8 Å². The van der Waals surface area contributed by atoms with Crippen LogP contribution >= 0.6 is 0 Å². The summed E-state index contributed by atoms with van der Waals surface area (Å²) in [5.74, 6) is 2.10. The number of benzene rings is 2. The van der Waals surface area contributed by atoms with E-state index in [2.05, 4.69) is 15.6 Å². The van der Waals surface area contributed by atoms with Gasteiger partial charge < -0.3 is 24.8 Å². The SMILES string of the molecule is CCNC(=NCc1ccc([N+](=O)[O-])cc1)Nc1cc(OC)c(OC)c(OC)c1. The Balaban J connectivity index is 2.21. The number of nitrogens with zero attached hydrogens (tertiary/aromatic N) is 2. The highest BCUT2D eigenvalue weighted by atomic mass is 16.6. The van der Waals surface area contributed by atoms with Gasteiger partial charge in [-0.2, -0.15) is 0 Å². The number of aliphatic imine (C=N–C) groups is 1. The van der Waals surface area contributed by atoms with Gasteiger partial charge in [0.05, 0.1) is 32.8 Å². The number of nitro benzene ring substituents is 1. The molecule has 0 bridgehead atoms. The largest absolute Gasteiger partial charge is 0.493 e. The van der Waals surface area contributed by atoms with Gasteiger partial charge in [-0.15, -0.1) is 0 Å². The summed E-state index contributed by atoms with van der Waals surface area (Å²) < 4.78 is 16.0. The molecule has 0 saturated carbocycles. The van der Waals surface area contributed by atoms with Crippen LogP contribution in [0, 0.1) is 10.1 Å². The maximum Gasteiger partial charge on any atom is 0.269 e. The fourth-order valence-electron chi connectivity index (χ4n) is 2.49. The second kappa shape index (κ2) is 10.0. The highest BCUT2D eigenvalue weighted by Crippen LogP contribution is 2.39. The number of nitrogens with one attached hydrogen (secondary N) is 2. The zero-order valence-electron chi connectivity index (χ0n) is 16.3. The first-order valence-electron chi connectivity index (χ1n) is 8.61. The maximum absolute atomic E-state index is 10.7. The standard InChI is InChI=1S/C19H24N4O5/c1-5-20-19(21-12-13-6-8-15(9-7-13)23(24)25)22-14-10-16(26-2)18(28-4)17(11-14)27-3/h6-11H,5,12H2,1-4H3,(H2,20,21,22). The van der Waals surface area contributed by atoms with E-state index in [9.17, 15) is 10.1 Å². The van der Waals surface area contributed by atoms with Crippen molar-refractivity contribution in [1.82, 2.24) is 5.32 Å². The first-order valence-corrected chi connectivity index (χ1v) is 8.61. The third-order valence-corrected chi connectivity index (χ3v) is 3.84. The third-order valence-electron chi connectivity index (χ3n) is 3.84. The van der Waals surface area contributed by atoms with E-state index >= 15 is 0 Å². The molecule has 9 nitrogen and oxygen atoms in total. The quantitative estimate of drug-likeness (QED) is 0.309. The number of ether oxygens (including phenoxy) is 3. The summed E-state index contributed by atoms with van der Waals surface area (Å²) >= 11 is 0. The number of hydrogen-bond donors (Lipinski definition) is 2. The zero-order valence-corrected chi connectivity index (χ0v) is 16.3. The molecule has 0 fully saturated rings. The summed E-state index contributed by atoms with van der Waals surface area (Å²) in [5.41, 5.74) is 1.61. The van der Waals surface area contributed by atoms with E-state index in [-0.39, 0.29) is 5.69 Å². The van der Waals surface area contributed by atoms with Crippen molar-refractivity contribution in [3.05, 3.63) is 52.1 Å². The monoisotopic (exact) mass is 388 g/mol. The highest BCUT2D eigenvalue weighted by molar-refractivity contribution is 5.94. The molecule has 0 aliphatic heterocycles. The predicted molar refractivity (Wildman–Crippen MR) is 108 cm³/mol. The minimum Gasteiger partial charge on any atom is -0.493 e. The molecule has 0 amide bonds. The fraction of sp³-hybridized carbons (Fsp3) is 0.316. The van der Waals surface area contributed by atoms with Crippen molar-refractivity contribution in [2.24, 2.45) is 4.99 Å². The number of non-ortho nitro benzene ring substituents is 1. The van der Waals surface area contributed by atoms with Gasteiger partial charge in [0.1, 0.15) is 0 Å². The Labute approximate surface area is 163 Å². The van der Waals surface area contributed by atoms with Crippen LogP contribution in [0.1, 0.15) is 12.5 Å². The molecule has 9 heteroatoms. The van der Waals surface area contributed by atoms with Gasteiger partial charge in [-0.05, 0) is 12.5 Å². The van der Waals surface area contributed by atoms with Gasteiger partial charge >= 0.3 is 0 Å². The molecule has 0 spiro atoms. The van der Waals surface area contributed by atoms with Crippen molar-refractivity contribution in [2.75, 3.05) is 33.2 Å². The van der Waals surface area contributed by atoms with Crippen LogP contribution in [0.3, 0.4) is 0 Å². The van der Waals surface area contributed by atoms with Crippen LogP contribution in [-0.4, -0.2) is 38.8 Å². The summed E-state index contributed by atoms with van der Waals surface area (Å²) in [7, 11) is 4.65. The van der Waals surface area contributed by atoms with E-state index in [0.717, 1.165) is 5.56 Å². The molecule has 2 rings (SSSR count). The van der Waals surface area contributed by atoms with E-state index in [0.29, 0.717) is 42.0 Å². The average Bonchev–Trinajstić information content (AvgIpc) is 2.71. The number of nitro groups is 1. The lowest BCUT2D eigenvalue weighted by Gasteiger charge is -2.16. The predicted octanol–water partition coefficient (Wildman–Crippen LogP) is 3.20. The Bertz CT molecular complexity index is 812. The van der Waals surface area contributed by atoms with Crippen molar-refractivity contribution < 1.29 is 19.1 Å². The first-order chi connectivity index (χ1) is 13.5. The Morgan fingerprint density at radius 3 is 2.14 bits per heavy atom. The van der Waals surface area contributed by atoms with E-state index in [1.165, 1.54) is 12.1 Å². The lowest BCUT2D eigenvalue weighted by atomic mass is 10.2. The fourth-order valence-corrected chi connectivity index (χ4v) is 2.49. The summed E-state index contributed by atoms with van der Waals surface area (Å²) in [6.45, 7) is 2.98. The second-order valence-corrected chi connectivity index (χ2v) is 5.66. The van der Waals surface area contributed by atoms with Gasteiger partial charge in [0.15, 0.2) is 17.5 Å². The number of methoxy groups -OCH3 is 3. The molecule has 0 aromatic heterocycles. The molecule has 0 saturated heterocycles. The number of anilines is 1. The topological polar surface area (TPSA) is 107 Å². The summed E-state index contributed by atoms with van der Waals surface area (Å²) in [6, 6.07) is 9.85. The van der Waals surface area contributed by atoms with E-state index in [4.69, 9.17) is 14.2 Å². The number of guanidine groups is 1. The van der Waals surface area contributed by atoms with Gasteiger partial charge in [-0.3, -0.25) is 10.1 Å². The minimum absolute atomic E-state index is 0.0511. The van der Waals surface area contributed by atoms with Crippen molar-refractivity contribution in [3.8, 4) is 17.2 Å². The normalized spacial score (nSPS) is 10.9. The van der Waals surface area contributed by atoms with Gasteiger partial charge in [0.2, 0.25) is 5.75 Å². The van der Waals surface area contributed by atoms with Crippen LogP contribution in [0.15, 0.2) is 41.4 Å². The average molecular weight is 388 g/mol. The Morgan fingerprint density at radius 1 is 1.07 bits per heavy atom. The van der Waals surface area contributed by atoms with Crippen LogP contribution in [-0.2, 0) is 6.54 Å². The second-order valence-electron chi connectivity index (χ2n) is 5.66. The van der Waals surface area contributed by atoms with Crippen molar-refractivity contribution in [3.63, 3.8) is 0 Å². The van der Waals surface area contributed by atoms with Gasteiger partial charge in [-0.1, -0.05) is 12.1 Å². The van der Waals surface area contributed by atoms with E-state index < -0.39 is 4.92 Å². The van der Waals surface area contributed by atoms with E-state index in [1.54, 1.807) is 45.6 Å². The van der Waals surface area contributed by atoms with Gasteiger partial charge in [0, 0.05) is 36.5 Å². The highest BCUT2D eigenvalue weighted by Gasteiger charge is 2.14. The maximum atomic E-state index is 10.7. The molecular formula is C19H24N4O5. The molecule has 150 valence electrons. The Kier molecular flexibility index (Phi) is 7.44. The molecule has 0 aliphatic carbocycles. The molecular weight excluding hydrogens is 364 g/mol. The first kappa shape index (κ1) is 20.8. The molecule has 2 aromatic rings. The minimum atomic E-state index is -0.427. The zero-order chi connectivity index (χ0) is 20.5. The molecule has 0 unspecified atom stereocenters. The van der Waals surface area contributed by atoms with Gasteiger partial charge in [0.25, 0.3) is 5.69 Å². The van der Waals surface area contributed by atoms with Crippen LogP contribution in [0.4, 0.5) is 11.4 Å². The molecule has 0 aliphatic rings. The summed E-state index contributed by atoms with van der Waals surface area (Å²) in [6.07, 6.45) is 0. The van der Waals surface area contributed by atoms with Gasteiger partial charge in [-0.25, -0.2) is 4.99 Å². The Hall–Kier alpha value is -3.49. The summed E-state index contributed by atoms with van der Waals surface area (Å²) in [4.78, 5) is 14.8.